The smallest absolute Gasteiger partial charge is 0.381 e. The molecular weight excluding hydrogens is 612 g/mol. The van der Waals surface area contributed by atoms with Gasteiger partial charge < -0.3 is 14.5 Å². The van der Waals surface area contributed by atoms with Gasteiger partial charge in [0.2, 0.25) is 0 Å². The molecule has 0 aromatic heterocycles. The van der Waals surface area contributed by atoms with Crippen LogP contribution in [-0.2, 0) is 31.4 Å². The first-order chi connectivity index (χ1) is 20.0. The number of benzene rings is 2. The summed E-state index contributed by atoms with van der Waals surface area (Å²) in [6.07, 6.45) is -12.2. The van der Waals surface area contributed by atoms with Gasteiger partial charge in [-0.2, -0.15) is 26.3 Å². The van der Waals surface area contributed by atoms with Crippen LogP contribution in [0, 0.1) is 5.82 Å². The molecule has 236 valence electrons. The van der Waals surface area contributed by atoms with E-state index >= 15 is 0 Å². The van der Waals surface area contributed by atoms with Crippen molar-refractivity contribution in [3.05, 3.63) is 65.0 Å². The van der Waals surface area contributed by atoms with Crippen molar-refractivity contribution in [1.82, 2.24) is 9.80 Å². The van der Waals surface area contributed by atoms with E-state index in [1.165, 1.54) is 9.80 Å². The highest BCUT2D eigenvalue weighted by Crippen LogP contribution is 2.56. The topological polar surface area (TPSA) is 66.9 Å². The van der Waals surface area contributed by atoms with Crippen molar-refractivity contribution in [2.24, 2.45) is 0 Å². The van der Waals surface area contributed by atoms with Crippen LogP contribution in [0.25, 0.3) is 0 Å². The largest absolute Gasteiger partial charge is 0.435 e. The van der Waals surface area contributed by atoms with Crippen molar-refractivity contribution in [2.45, 2.75) is 71.9 Å². The van der Waals surface area contributed by atoms with Gasteiger partial charge in [-0.25, -0.2) is 22.0 Å². The SMILES string of the molecule is CN(C(=O)N1CC[C@@]2(S(=O)(=O)c3ccc(F)cc3)c3ccc(C(F)(C(F)(F)F)C(F)(F)F)cc3CC[C@@H]12)C1CCOCC1. The van der Waals surface area contributed by atoms with E-state index in [1.807, 2.05) is 0 Å². The van der Waals surface area contributed by atoms with Gasteiger partial charge in [0, 0.05) is 38.4 Å². The zero-order chi connectivity index (χ0) is 31.6. The zero-order valence-electron chi connectivity index (χ0n) is 22.8. The Labute approximate surface area is 242 Å². The average Bonchev–Trinajstić information content (AvgIpc) is 3.37. The monoisotopic (exact) mass is 640 g/mol. The Hall–Kier alpha value is -2.94. The molecule has 5 rings (SSSR count). The summed E-state index contributed by atoms with van der Waals surface area (Å²) in [6, 6.07) is 3.63. The second-order valence-corrected chi connectivity index (χ2v) is 13.3. The summed E-state index contributed by atoms with van der Waals surface area (Å²) in [5.41, 5.74) is -7.74. The molecule has 2 fully saturated rings. The maximum atomic E-state index is 15.0. The van der Waals surface area contributed by atoms with Gasteiger partial charge in [0.15, 0.2) is 9.84 Å². The number of halogens is 8. The number of aryl methyl sites for hydroxylation is 1. The van der Waals surface area contributed by atoms with Gasteiger partial charge in [-0.3, -0.25) is 0 Å². The Morgan fingerprint density at radius 2 is 1.56 bits per heavy atom. The molecule has 2 aromatic carbocycles. The van der Waals surface area contributed by atoms with E-state index in [4.69, 9.17) is 4.74 Å². The number of urea groups is 1. The minimum absolute atomic E-state index is 0.0865. The maximum Gasteiger partial charge on any atom is 0.435 e. The summed E-state index contributed by atoms with van der Waals surface area (Å²) < 4.78 is 142. The number of amides is 2. The van der Waals surface area contributed by atoms with Gasteiger partial charge in [0.1, 0.15) is 10.6 Å². The summed E-state index contributed by atoms with van der Waals surface area (Å²) >= 11 is 0. The number of hydrogen-bond donors (Lipinski definition) is 0. The lowest BCUT2D eigenvalue weighted by molar-refractivity contribution is -0.348. The molecule has 0 N–H and O–H groups in total. The van der Waals surface area contributed by atoms with Crippen molar-refractivity contribution < 1.29 is 53.1 Å². The molecule has 2 aliphatic heterocycles. The van der Waals surface area contributed by atoms with Crippen LogP contribution in [0.4, 0.5) is 39.9 Å². The number of carbonyl (C=O) groups excluding carboxylic acids is 1. The van der Waals surface area contributed by atoms with E-state index < -0.39 is 56.1 Å². The summed E-state index contributed by atoms with van der Waals surface area (Å²) in [5.74, 6) is -0.735. The first-order valence-electron chi connectivity index (χ1n) is 13.5. The van der Waals surface area contributed by atoms with Crippen LogP contribution in [0.3, 0.4) is 0 Å². The van der Waals surface area contributed by atoms with Crippen LogP contribution in [0.2, 0.25) is 0 Å². The number of ether oxygens (including phenoxy) is 1. The first-order valence-corrected chi connectivity index (χ1v) is 15.0. The highest BCUT2D eigenvalue weighted by atomic mass is 32.2. The standard InChI is InChI=1S/C28H28F8N2O4S/c1-37(20-10-14-42-15-11-20)24(39)38-13-12-25(43(40,41)21-6-4-19(29)5-7-21)22-8-3-18(16-17(22)2-9-23(25)38)26(30,27(31,32)33)28(34,35)36/h3-8,16,20,23H,2,9-15H2,1H3/t23-,25-/m1/s1. The molecule has 0 saturated carbocycles. The van der Waals surface area contributed by atoms with Gasteiger partial charge in [0.05, 0.1) is 10.9 Å². The lowest BCUT2D eigenvalue weighted by Crippen LogP contribution is -2.56. The van der Waals surface area contributed by atoms with Crippen LogP contribution in [0.1, 0.15) is 42.4 Å². The second-order valence-electron chi connectivity index (χ2n) is 11.1. The Morgan fingerprint density at radius 1 is 0.953 bits per heavy atom. The highest BCUT2D eigenvalue weighted by molar-refractivity contribution is 7.92. The van der Waals surface area contributed by atoms with Gasteiger partial charge in [-0.15, -0.1) is 0 Å². The molecule has 6 nitrogen and oxygen atoms in total. The van der Waals surface area contributed by atoms with Gasteiger partial charge in [-0.05, 0) is 67.5 Å². The number of likely N-dealkylation sites (tertiary alicyclic amines) is 1. The third kappa shape index (κ3) is 4.77. The van der Waals surface area contributed by atoms with Crippen molar-refractivity contribution in [2.75, 3.05) is 26.8 Å². The van der Waals surface area contributed by atoms with E-state index in [9.17, 15) is 48.3 Å². The molecule has 2 atom stereocenters. The quantitative estimate of drug-likeness (QED) is 0.302. The van der Waals surface area contributed by atoms with Gasteiger partial charge in [0.25, 0.3) is 0 Å². The molecule has 0 bridgehead atoms. The van der Waals surface area contributed by atoms with Crippen molar-refractivity contribution in [3.63, 3.8) is 0 Å². The van der Waals surface area contributed by atoms with Crippen LogP contribution >= 0.6 is 0 Å². The van der Waals surface area contributed by atoms with Crippen LogP contribution in [0.5, 0.6) is 0 Å². The second kappa shape index (κ2) is 10.6. The van der Waals surface area contributed by atoms with Gasteiger partial charge >= 0.3 is 24.1 Å². The molecule has 0 radical (unpaired) electrons. The van der Waals surface area contributed by atoms with Crippen LogP contribution in [-0.4, -0.2) is 75.5 Å². The number of fused-ring (bicyclic) bond motifs is 3. The summed E-state index contributed by atoms with van der Waals surface area (Å²) in [5, 5.41) is 0. The maximum absolute atomic E-state index is 15.0. The van der Waals surface area contributed by atoms with Gasteiger partial charge in [-0.1, -0.05) is 18.2 Å². The van der Waals surface area contributed by atoms with Crippen LogP contribution in [0.15, 0.2) is 47.4 Å². The molecule has 0 unspecified atom stereocenters. The number of alkyl halides is 7. The van der Waals surface area contributed by atoms with Crippen molar-refractivity contribution in [3.8, 4) is 0 Å². The third-order valence-electron chi connectivity index (χ3n) is 8.96. The molecule has 2 aromatic rings. The molecule has 2 amide bonds. The fourth-order valence-corrected chi connectivity index (χ4v) is 9.08. The van der Waals surface area contributed by atoms with E-state index in [-0.39, 0.29) is 47.9 Å². The molecule has 15 heteroatoms. The number of rotatable bonds is 4. The number of sulfone groups is 1. The predicted octanol–water partition coefficient (Wildman–Crippen LogP) is 6.04. The molecule has 0 spiro atoms. The first kappa shape index (κ1) is 31.5. The normalized spacial score (nSPS) is 23.6. The summed E-state index contributed by atoms with van der Waals surface area (Å²) in [4.78, 5) is 16.3. The lowest BCUT2D eigenvalue weighted by Gasteiger charge is -2.44. The van der Waals surface area contributed by atoms with Crippen LogP contribution < -0.4 is 0 Å². The van der Waals surface area contributed by atoms with Crippen molar-refractivity contribution in [1.29, 1.82) is 0 Å². The van der Waals surface area contributed by atoms with Crippen molar-refractivity contribution >= 4 is 15.9 Å². The Morgan fingerprint density at radius 3 is 2.14 bits per heavy atom. The number of carbonyl (C=O) groups is 1. The summed E-state index contributed by atoms with van der Waals surface area (Å²) in [6.45, 7) is 0.767. The van der Waals surface area contributed by atoms with E-state index in [1.54, 1.807) is 7.05 Å². The fraction of sp³-hybridized carbons (Fsp3) is 0.536. The van der Waals surface area contributed by atoms with E-state index in [2.05, 4.69) is 0 Å². The lowest BCUT2D eigenvalue weighted by atomic mass is 9.77. The van der Waals surface area contributed by atoms with E-state index in [0.717, 1.165) is 30.3 Å². The molecule has 2 saturated heterocycles. The number of nitrogens with zero attached hydrogens (tertiary/aromatic N) is 2. The summed E-state index contributed by atoms with van der Waals surface area (Å²) in [7, 11) is -2.98. The molecule has 3 aliphatic rings. The fourth-order valence-electron chi connectivity index (χ4n) is 6.71. The molecule has 43 heavy (non-hydrogen) atoms. The average molecular weight is 641 g/mol. The third-order valence-corrected chi connectivity index (χ3v) is 11.5. The van der Waals surface area contributed by atoms with E-state index in [0.29, 0.717) is 38.2 Å². The molecule has 2 heterocycles. The molecule has 1 aliphatic carbocycles. The minimum atomic E-state index is -6.35. The number of hydrogen-bond acceptors (Lipinski definition) is 4. The molecular formula is C28H28F8N2O4S. The predicted molar refractivity (Wildman–Crippen MR) is 137 cm³/mol. The Kier molecular flexibility index (Phi) is 7.76. The Balaban J connectivity index is 1.65. The Bertz CT molecular complexity index is 1480. The highest BCUT2D eigenvalue weighted by Gasteiger charge is 2.74. The minimum Gasteiger partial charge on any atom is -0.381 e. The zero-order valence-corrected chi connectivity index (χ0v) is 23.6.